The lowest BCUT2D eigenvalue weighted by molar-refractivity contribution is -0.137. The van der Waals surface area contributed by atoms with E-state index < -0.39 is 5.97 Å². The van der Waals surface area contributed by atoms with Gasteiger partial charge in [-0.15, -0.1) is 11.3 Å². The van der Waals surface area contributed by atoms with Gasteiger partial charge in [0.25, 0.3) is 0 Å². The van der Waals surface area contributed by atoms with Gasteiger partial charge in [-0.2, -0.15) is 0 Å². The molecule has 2 aromatic rings. The van der Waals surface area contributed by atoms with Crippen LogP contribution in [0.25, 0.3) is 0 Å². The Hall–Kier alpha value is -1.65. The van der Waals surface area contributed by atoms with Crippen molar-refractivity contribution in [2.75, 3.05) is 0 Å². The zero-order valence-corrected chi connectivity index (χ0v) is 13.0. The first-order chi connectivity index (χ1) is 10.1. The van der Waals surface area contributed by atoms with E-state index in [4.69, 9.17) is 5.11 Å². The van der Waals surface area contributed by atoms with E-state index in [-0.39, 0.29) is 12.5 Å². The second-order valence-electron chi connectivity index (χ2n) is 5.20. The first kappa shape index (κ1) is 15.7. The smallest absolute Gasteiger partial charge is 0.303 e. The molecule has 2 N–H and O–H groups in total. The lowest BCUT2D eigenvalue weighted by atomic mass is 10.0. The summed E-state index contributed by atoms with van der Waals surface area (Å²) in [6.07, 6.45) is 1.71. The van der Waals surface area contributed by atoms with E-state index in [2.05, 4.69) is 35.8 Å². The molecule has 1 unspecified atom stereocenters. The minimum atomic E-state index is -0.735. The number of nitrogens with one attached hydrogen (secondary N) is 1. The Balaban J connectivity index is 1.94. The minimum Gasteiger partial charge on any atom is -0.481 e. The van der Waals surface area contributed by atoms with E-state index >= 15 is 0 Å². The molecule has 0 radical (unpaired) electrons. The minimum absolute atomic E-state index is 0.183. The fraction of sp³-hybridized carbons (Fsp3) is 0.353. The number of hydrogen-bond donors (Lipinski definition) is 2. The van der Waals surface area contributed by atoms with E-state index in [1.54, 1.807) is 11.3 Å². The van der Waals surface area contributed by atoms with E-state index in [1.807, 2.05) is 18.2 Å². The third-order valence-corrected chi connectivity index (χ3v) is 4.47. The molecule has 1 aromatic carbocycles. The molecule has 1 aromatic heterocycles. The summed E-state index contributed by atoms with van der Waals surface area (Å²) in [7, 11) is 0. The van der Waals surface area contributed by atoms with Crippen molar-refractivity contribution in [3.8, 4) is 0 Å². The number of thiophene rings is 1. The average Bonchev–Trinajstić information content (AvgIpc) is 2.88. The van der Waals surface area contributed by atoms with Crippen LogP contribution in [0.5, 0.6) is 0 Å². The van der Waals surface area contributed by atoms with Crippen molar-refractivity contribution in [3.05, 3.63) is 57.8 Å². The van der Waals surface area contributed by atoms with Gasteiger partial charge in [0.15, 0.2) is 0 Å². The Bertz CT molecular complexity index is 565. The lowest BCUT2D eigenvalue weighted by Gasteiger charge is -2.18. The predicted molar refractivity (Wildman–Crippen MR) is 86.7 cm³/mol. The molecule has 3 nitrogen and oxygen atoms in total. The van der Waals surface area contributed by atoms with Crippen molar-refractivity contribution in [2.45, 2.75) is 38.8 Å². The van der Waals surface area contributed by atoms with Crippen LogP contribution in [0.3, 0.4) is 0 Å². The molecule has 0 aliphatic carbocycles. The second kappa shape index (κ2) is 7.96. The van der Waals surface area contributed by atoms with Crippen LogP contribution in [0.1, 0.15) is 28.8 Å². The lowest BCUT2D eigenvalue weighted by Crippen LogP contribution is -2.31. The first-order valence-electron chi connectivity index (χ1n) is 7.17. The number of carboxylic acid groups (broad SMARTS) is 1. The normalized spacial score (nSPS) is 12.2. The highest BCUT2D eigenvalue weighted by Crippen LogP contribution is 2.16. The number of hydrogen-bond acceptors (Lipinski definition) is 3. The summed E-state index contributed by atoms with van der Waals surface area (Å²) in [5.41, 5.74) is 2.54. The fourth-order valence-corrected chi connectivity index (χ4v) is 3.05. The fourth-order valence-electron chi connectivity index (χ4n) is 2.32. The predicted octanol–water partition coefficient (Wildman–Crippen LogP) is 3.62. The standard InChI is InChI=1S/C17H21NO2S/c1-13-15(9-10-21-13)12-18-16(7-8-17(19)20)11-14-5-3-2-4-6-14/h2-6,9-10,16,18H,7-8,11-12H2,1H3,(H,19,20). The van der Waals surface area contributed by atoms with Crippen LogP contribution in [0.4, 0.5) is 0 Å². The third kappa shape index (κ3) is 5.33. The van der Waals surface area contributed by atoms with Crippen molar-refractivity contribution in [3.63, 3.8) is 0 Å². The number of aliphatic carboxylic acids is 1. The summed E-state index contributed by atoms with van der Waals surface area (Å²) in [5, 5.41) is 14.5. The van der Waals surface area contributed by atoms with Gasteiger partial charge in [-0.25, -0.2) is 0 Å². The molecule has 1 heterocycles. The van der Waals surface area contributed by atoms with Gasteiger partial charge in [-0.1, -0.05) is 30.3 Å². The highest BCUT2D eigenvalue weighted by Gasteiger charge is 2.12. The largest absolute Gasteiger partial charge is 0.481 e. The van der Waals surface area contributed by atoms with Gasteiger partial charge >= 0.3 is 5.97 Å². The second-order valence-corrected chi connectivity index (χ2v) is 6.32. The summed E-state index contributed by atoms with van der Waals surface area (Å²) < 4.78 is 0. The molecule has 0 bridgehead atoms. The number of aryl methyl sites for hydroxylation is 1. The van der Waals surface area contributed by atoms with Crippen LogP contribution < -0.4 is 5.32 Å². The molecular weight excluding hydrogens is 282 g/mol. The highest BCUT2D eigenvalue weighted by molar-refractivity contribution is 7.10. The van der Waals surface area contributed by atoms with Crippen molar-refractivity contribution in [1.29, 1.82) is 0 Å². The Kier molecular flexibility index (Phi) is 5.96. The molecule has 0 fully saturated rings. The van der Waals surface area contributed by atoms with Crippen LogP contribution in [0.2, 0.25) is 0 Å². The van der Waals surface area contributed by atoms with E-state index in [1.165, 1.54) is 16.0 Å². The Morgan fingerprint density at radius 2 is 2.05 bits per heavy atom. The summed E-state index contributed by atoms with van der Waals surface area (Å²) in [5.74, 6) is -0.735. The van der Waals surface area contributed by atoms with Crippen LogP contribution in [0.15, 0.2) is 41.8 Å². The number of benzene rings is 1. The van der Waals surface area contributed by atoms with Crippen LogP contribution in [0, 0.1) is 6.92 Å². The number of carboxylic acids is 1. The quantitative estimate of drug-likeness (QED) is 0.783. The zero-order valence-electron chi connectivity index (χ0n) is 12.2. The SMILES string of the molecule is Cc1sccc1CNC(CCC(=O)O)Cc1ccccc1. The monoisotopic (exact) mass is 303 g/mol. The molecule has 21 heavy (non-hydrogen) atoms. The van der Waals surface area contributed by atoms with E-state index in [0.29, 0.717) is 6.42 Å². The molecule has 112 valence electrons. The van der Waals surface area contributed by atoms with Gasteiger partial charge in [0.05, 0.1) is 0 Å². The Labute approximate surface area is 129 Å². The summed E-state index contributed by atoms with van der Waals surface area (Å²) in [6, 6.07) is 12.5. The van der Waals surface area contributed by atoms with Crippen molar-refractivity contribution < 1.29 is 9.90 Å². The van der Waals surface area contributed by atoms with Gasteiger partial charge in [-0.05, 0) is 42.3 Å². The van der Waals surface area contributed by atoms with E-state index in [9.17, 15) is 4.79 Å². The van der Waals surface area contributed by atoms with Gasteiger partial charge < -0.3 is 10.4 Å². The van der Waals surface area contributed by atoms with Crippen LogP contribution >= 0.6 is 11.3 Å². The molecule has 0 saturated carbocycles. The maximum Gasteiger partial charge on any atom is 0.303 e. The first-order valence-corrected chi connectivity index (χ1v) is 8.05. The topological polar surface area (TPSA) is 49.3 Å². The molecular formula is C17H21NO2S. The molecule has 0 aliphatic rings. The van der Waals surface area contributed by atoms with E-state index in [0.717, 1.165) is 13.0 Å². The molecule has 2 rings (SSSR count). The van der Waals surface area contributed by atoms with Crippen LogP contribution in [-0.4, -0.2) is 17.1 Å². The van der Waals surface area contributed by atoms with Gasteiger partial charge in [0, 0.05) is 23.9 Å². The highest BCUT2D eigenvalue weighted by atomic mass is 32.1. The average molecular weight is 303 g/mol. The summed E-state index contributed by atoms with van der Waals surface area (Å²) in [6.45, 7) is 2.91. The zero-order chi connectivity index (χ0) is 15.1. The maximum absolute atomic E-state index is 10.8. The molecule has 0 spiro atoms. The van der Waals surface area contributed by atoms with Crippen LogP contribution in [-0.2, 0) is 17.8 Å². The molecule has 4 heteroatoms. The molecule has 0 amide bonds. The van der Waals surface area contributed by atoms with Gasteiger partial charge in [-0.3, -0.25) is 4.79 Å². The Morgan fingerprint density at radius 1 is 1.29 bits per heavy atom. The van der Waals surface area contributed by atoms with Gasteiger partial charge in [0.1, 0.15) is 0 Å². The van der Waals surface area contributed by atoms with Crippen molar-refractivity contribution in [2.24, 2.45) is 0 Å². The molecule has 0 aliphatic heterocycles. The Morgan fingerprint density at radius 3 is 2.67 bits per heavy atom. The summed E-state index contributed by atoms with van der Waals surface area (Å²) in [4.78, 5) is 12.1. The molecule has 0 saturated heterocycles. The van der Waals surface area contributed by atoms with Crippen molar-refractivity contribution >= 4 is 17.3 Å². The van der Waals surface area contributed by atoms with Gasteiger partial charge in [0.2, 0.25) is 0 Å². The van der Waals surface area contributed by atoms with Crippen molar-refractivity contribution in [1.82, 2.24) is 5.32 Å². The third-order valence-electron chi connectivity index (χ3n) is 3.58. The number of carbonyl (C=O) groups is 1. The number of rotatable bonds is 8. The summed E-state index contributed by atoms with van der Waals surface area (Å²) >= 11 is 1.74. The maximum atomic E-state index is 10.8. The molecule has 1 atom stereocenters.